The molecule has 1 aromatic heterocycles. The largest absolute Gasteiger partial charge is 0.351 e. The van der Waals surface area contributed by atoms with Crippen LogP contribution in [0.5, 0.6) is 0 Å². The van der Waals surface area contributed by atoms with Crippen molar-refractivity contribution in [3.8, 4) is 0 Å². The highest BCUT2D eigenvalue weighted by molar-refractivity contribution is 7.09. The molecule has 5 nitrogen and oxygen atoms in total. The first-order valence-corrected chi connectivity index (χ1v) is 8.44. The van der Waals surface area contributed by atoms with Crippen molar-refractivity contribution in [1.29, 1.82) is 0 Å². The van der Waals surface area contributed by atoms with Crippen LogP contribution < -0.4 is 5.32 Å². The highest BCUT2D eigenvalue weighted by Gasteiger charge is 2.26. The number of likely N-dealkylation sites (tertiary alicyclic amines) is 1. The maximum atomic E-state index is 12.0. The number of amides is 2. The average molecular weight is 309 g/mol. The van der Waals surface area contributed by atoms with Gasteiger partial charge in [-0.15, -0.1) is 11.3 Å². The van der Waals surface area contributed by atoms with Crippen molar-refractivity contribution < 1.29 is 9.59 Å². The van der Waals surface area contributed by atoms with Crippen LogP contribution in [0, 0.1) is 0 Å². The van der Waals surface area contributed by atoms with Gasteiger partial charge in [-0.25, -0.2) is 4.98 Å². The van der Waals surface area contributed by atoms with Gasteiger partial charge >= 0.3 is 0 Å². The minimum Gasteiger partial charge on any atom is -0.351 e. The van der Waals surface area contributed by atoms with E-state index >= 15 is 0 Å². The summed E-state index contributed by atoms with van der Waals surface area (Å²) in [6.07, 6.45) is 3.67. The second-order valence-electron chi connectivity index (χ2n) is 5.52. The van der Waals surface area contributed by atoms with Gasteiger partial charge in [-0.1, -0.05) is 6.92 Å². The third kappa shape index (κ3) is 4.52. The lowest BCUT2D eigenvalue weighted by molar-refractivity contribution is -0.132. The van der Waals surface area contributed by atoms with Crippen molar-refractivity contribution in [2.24, 2.45) is 0 Å². The highest BCUT2D eigenvalue weighted by Crippen LogP contribution is 2.29. The first-order valence-electron chi connectivity index (χ1n) is 7.56. The molecule has 0 saturated carbocycles. The lowest BCUT2D eigenvalue weighted by atomic mass is 9.98. The van der Waals surface area contributed by atoms with Gasteiger partial charge in [0.05, 0.1) is 17.2 Å². The third-order valence-electron chi connectivity index (χ3n) is 3.68. The Kier molecular flexibility index (Phi) is 5.73. The summed E-state index contributed by atoms with van der Waals surface area (Å²) in [5, 5.41) is 5.85. The third-order valence-corrected chi connectivity index (χ3v) is 4.73. The number of nitrogens with one attached hydrogen (secondary N) is 1. The Labute approximate surface area is 129 Å². The van der Waals surface area contributed by atoms with Crippen molar-refractivity contribution in [1.82, 2.24) is 15.2 Å². The van der Waals surface area contributed by atoms with E-state index in [1.165, 1.54) is 6.92 Å². The number of thiazole rings is 1. The zero-order valence-corrected chi connectivity index (χ0v) is 13.5. The van der Waals surface area contributed by atoms with Gasteiger partial charge in [0.15, 0.2) is 0 Å². The maximum Gasteiger partial charge on any atom is 0.222 e. The summed E-state index contributed by atoms with van der Waals surface area (Å²) >= 11 is 1.63. The molecule has 0 spiro atoms. The van der Waals surface area contributed by atoms with Crippen molar-refractivity contribution >= 4 is 23.2 Å². The Morgan fingerprint density at radius 1 is 1.52 bits per heavy atom. The standard InChI is InChI=1S/C15H23N3O2S/c1-3-5-14(20)18-7-4-6-12(9-18)15-17-13(10-21-15)8-16-11(2)19/h10,12H,3-9H2,1-2H3,(H,16,19)/t12-/m1/s1. The molecule has 0 aliphatic carbocycles. The van der Waals surface area contributed by atoms with E-state index in [0.29, 0.717) is 18.9 Å². The number of nitrogens with zero attached hydrogens (tertiary/aromatic N) is 2. The quantitative estimate of drug-likeness (QED) is 0.907. The molecule has 2 heterocycles. The minimum absolute atomic E-state index is 0.0430. The summed E-state index contributed by atoms with van der Waals surface area (Å²) in [5.41, 5.74) is 0.905. The Hall–Kier alpha value is -1.43. The summed E-state index contributed by atoms with van der Waals surface area (Å²) < 4.78 is 0. The molecule has 1 atom stereocenters. The number of aromatic nitrogens is 1. The molecule has 2 amide bonds. The summed E-state index contributed by atoms with van der Waals surface area (Å²) in [6.45, 7) is 5.68. The normalized spacial score (nSPS) is 18.6. The van der Waals surface area contributed by atoms with E-state index in [1.54, 1.807) is 11.3 Å². The van der Waals surface area contributed by atoms with Crippen LogP contribution in [-0.4, -0.2) is 34.8 Å². The van der Waals surface area contributed by atoms with E-state index in [-0.39, 0.29) is 11.8 Å². The Bertz CT molecular complexity index is 501. The number of rotatable bonds is 5. The zero-order valence-electron chi connectivity index (χ0n) is 12.7. The van der Waals surface area contributed by atoms with Crippen molar-refractivity contribution in [3.63, 3.8) is 0 Å². The van der Waals surface area contributed by atoms with Crippen molar-refractivity contribution in [2.75, 3.05) is 13.1 Å². The van der Waals surface area contributed by atoms with Crippen LogP contribution >= 0.6 is 11.3 Å². The molecule has 1 aliphatic rings. The molecule has 1 aliphatic heterocycles. The van der Waals surface area contributed by atoms with E-state index in [4.69, 9.17) is 0 Å². The molecular weight excluding hydrogens is 286 g/mol. The van der Waals surface area contributed by atoms with E-state index in [1.807, 2.05) is 17.2 Å². The average Bonchev–Trinajstić information content (AvgIpc) is 2.94. The highest BCUT2D eigenvalue weighted by atomic mass is 32.1. The monoisotopic (exact) mass is 309 g/mol. The number of carbonyl (C=O) groups excluding carboxylic acids is 2. The molecule has 0 aromatic carbocycles. The van der Waals surface area contributed by atoms with Crippen molar-refractivity contribution in [3.05, 3.63) is 16.1 Å². The number of carbonyl (C=O) groups is 2. The van der Waals surface area contributed by atoms with Gasteiger partial charge in [0.1, 0.15) is 0 Å². The molecule has 1 aromatic rings. The molecular formula is C15H23N3O2S. The second-order valence-corrected chi connectivity index (χ2v) is 6.41. The van der Waals surface area contributed by atoms with Crippen LogP contribution in [0.1, 0.15) is 56.2 Å². The van der Waals surface area contributed by atoms with Crippen LogP contribution in [0.25, 0.3) is 0 Å². The van der Waals surface area contributed by atoms with E-state index < -0.39 is 0 Å². The van der Waals surface area contributed by atoms with Crippen LogP contribution in [0.2, 0.25) is 0 Å². The van der Waals surface area contributed by atoms with Gasteiger partial charge in [-0.2, -0.15) is 0 Å². The van der Waals surface area contributed by atoms with E-state index in [0.717, 1.165) is 43.1 Å². The lowest BCUT2D eigenvalue weighted by Crippen LogP contribution is -2.38. The van der Waals surface area contributed by atoms with Gasteiger partial charge in [0.2, 0.25) is 11.8 Å². The van der Waals surface area contributed by atoms with Crippen LogP contribution in [0.3, 0.4) is 0 Å². The first kappa shape index (κ1) is 15.9. The smallest absolute Gasteiger partial charge is 0.222 e. The molecule has 0 unspecified atom stereocenters. The van der Waals surface area contributed by atoms with Crippen LogP contribution in [-0.2, 0) is 16.1 Å². The van der Waals surface area contributed by atoms with Gasteiger partial charge in [-0.05, 0) is 19.3 Å². The predicted molar refractivity (Wildman–Crippen MR) is 83.1 cm³/mol. The number of hydrogen-bond acceptors (Lipinski definition) is 4. The lowest BCUT2D eigenvalue weighted by Gasteiger charge is -2.31. The minimum atomic E-state index is -0.0430. The molecule has 1 saturated heterocycles. The number of piperidine rings is 1. The van der Waals surface area contributed by atoms with Crippen molar-refractivity contribution in [2.45, 2.75) is 52.0 Å². The first-order chi connectivity index (χ1) is 10.1. The molecule has 0 bridgehead atoms. The predicted octanol–water partition coefficient (Wildman–Crippen LogP) is 2.29. The number of hydrogen-bond donors (Lipinski definition) is 1. The fraction of sp³-hybridized carbons (Fsp3) is 0.667. The van der Waals surface area contributed by atoms with Gasteiger partial charge < -0.3 is 10.2 Å². The Morgan fingerprint density at radius 3 is 3.05 bits per heavy atom. The molecule has 1 N–H and O–H groups in total. The van der Waals surface area contributed by atoms with Gasteiger partial charge in [0, 0.05) is 37.7 Å². The molecule has 1 fully saturated rings. The fourth-order valence-electron chi connectivity index (χ4n) is 2.58. The molecule has 116 valence electrons. The van der Waals surface area contributed by atoms with E-state index in [2.05, 4.69) is 10.3 Å². The van der Waals surface area contributed by atoms with E-state index in [9.17, 15) is 9.59 Å². The van der Waals surface area contributed by atoms with Gasteiger partial charge in [0.25, 0.3) is 0 Å². The molecule has 21 heavy (non-hydrogen) atoms. The Morgan fingerprint density at radius 2 is 2.33 bits per heavy atom. The summed E-state index contributed by atoms with van der Waals surface area (Å²) in [6, 6.07) is 0. The zero-order chi connectivity index (χ0) is 15.2. The Balaban J connectivity index is 1.94. The topological polar surface area (TPSA) is 62.3 Å². The fourth-order valence-corrected chi connectivity index (χ4v) is 3.53. The summed E-state index contributed by atoms with van der Waals surface area (Å²) in [4.78, 5) is 29.5. The molecule has 6 heteroatoms. The molecule has 2 rings (SSSR count). The maximum absolute atomic E-state index is 12.0. The summed E-state index contributed by atoms with van der Waals surface area (Å²) in [7, 11) is 0. The van der Waals surface area contributed by atoms with Gasteiger partial charge in [-0.3, -0.25) is 9.59 Å². The second kappa shape index (κ2) is 7.54. The van der Waals surface area contributed by atoms with Crippen LogP contribution in [0.4, 0.5) is 0 Å². The summed E-state index contributed by atoms with van der Waals surface area (Å²) in [5.74, 6) is 0.561. The van der Waals surface area contributed by atoms with Crippen LogP contribution in [0.15, 0.2) is 5.38 Å². The molecule has 0 radical (unpaired) electrons. The SMILES string of the molecule is CCCC(=O)N1CCC[C@@H](c2nc(CNC(C)=O)cs2)C1.